The van der Waals surface area contributed by atoms with Gasteiger partial charge in [0.2, 0.25) is 5.91 Å². The van der Waals surface area contributed by atoms with Crippen molar-refractivity contribution in [3.8, 4) is 0 Å². The summed E-state index contributed by atoms with van der Waals surface area (Å²) in [6.45, 7) is 4.75. The third-order valence-electron chi connectivity index (χ3n) is 5.02. The van der Waals surface area contributed by atoms with Crippen molar-refractivity contribution in [3.05, 3.63) is 46.1 Å². The summed E-state index contributed by atoms with van der Waals surface area (Å²) >= 11 is 0.943. The molecule has 3 rings (SSSR count). The van der Waals surface area contributed by atoms with Crippen molar-refractivity contribution in [1.29, 1.82) is 0 Å². The lowest BCUT2D eigenvalue weighted by atomic mass is 10.0. The lowest BCUT2D eigenvalue weighted by molar-refractivity contribution is -0.132. The van der Waals surface area contributed by atoms with Gasteiger partial charge in [-0.2, -0.15) is 0 Å². The van der Waals surface area contributed by atoms with E-state index in [0.29, 0.717) is 35.7 Å². The van der Waals surface area contributed by atoms with Crippen LogP contribution in [-0.2, 0) is 32.5 Å². The molecule has 0 unspecified atom stereocenters. The van der Waals surface area contributed by atoms with Gasteiger partial charge in [0.1, 0.15) is 5.82 Å². The van der Waals surface area contributed by atoms with E-state index in [1.54, 1.807) is 4.90 Å². The largest absolute Gasteiger partial charge is 0.465 e. The number of rotatable bonds is 7. The maximum atomic E-state index is 13.5. The summed E-state index contributed by atoms with van der Waals surface area (Å²) in [6, 6.07) is 5.06. The molecular formula is C21H25FN2O5S2. The molecule has 2 aromatic rings. The van der Waals surface area contributed by atoms with Gasteiger partial charge >= 0.3 is 5.97 Å². The number of thiophene rings is 1. The van der Waals surface area contributed by atoms with E-state index < -0.39 is 21.8 Å². The van der Waals surface area contributed by atoms with Crippen LogP contribution < -0.4 is 4.72 Å². The van der Waals surface area contributed by atoms with Gasteiger partial charge in [0.15, 0.2) is 4.21 Å². The van der Waals surface area contributed by atoms with Gasteiger partial charge in [-0.05, 0) is 42.5 Å². The number of fused-ring (bicyclic) bond motifs is 1. The fourth-order valence-electron chi connectivity index (χ4n) is 3.41. The molecule has 0 atom stereocenters. The molecule has 1 aliphatic heterocycles. The fourth-order valence-corrected chi connectivity index (χ4v) is 6.36. The second-order valence-electron chi connectivity index (χ2n) is 7.77. The number of esters is 1. The van der Waals surface area contributed by atoms with Crippen LogP contribution in [0.3, 0.4) is 0 Å². The number of halogens is 1. The topological polar surface area (TPSA) is 92.8 Å². The number of nitrogens with one attached hydrogen (secondary N) is 1. The van der Waals surface area contributed by atoms with Gasteiger partial charge < -0.3 is 9.64 Å². The molecule has 0 saturated heterocycles. The highest BCUT2D eigenvalue weighted by atomic mass is 32.2. The Hall–Kier alpha value is -2.46. The number of hydrogen-bond donors (Lipinski definition) is 1. The molecule has 31 heavy (non-hydrogen) atoms. The van der Waals surface area contributed by atoms with Crippen LogP contribution in [0.1, 0.15) is 47.5 Å². The molecule has 1 aromatic carbocycles. The summed E-state index contributed by atoms with van der Waals surface area (Å²) < 4.78 is 46.6. The lowest BCUT2D eigenvalue weighted by Crippen LogP contribution is -2.35. The molecule has 1 amide bonds. The van der Waals surface area contributed by atoms with Crippen molar-refractivity contribution in [2.45, 2.75) is 43.9 Å². The Labute approximate surface area is 185 Å². The first kappa shape index (κ1) is 23.2. The van der Waals surface area contributed by atoms with Crippen molar-refractivity contribution in [2.75, 3.05) is 18.4 Å². The van der Waals surface area contributed by atoms with Crippen molar-refractivity contribution < 1.29 is 27.1 Å². The number of carbonyl (C=O) groups is 2. The van der Waals surface area contributed by atoms with Gasteiger partial charge in [-0.1, -0.05) is 19.9 Å². The number of anilines is 1. The Balaban J connectivity index is 1.94. The molecule has 2 heterocycles. The smallest absolute Gasteiger partial charge is 0.340 e. The molecule has 168 valence electrons. The van der Waals surface area contributed by atoms with Crippen LogP contribution in [0.2, 0.25) is 0 Å². The van der Waals surface area contributed by atoms with E-state index >= 15 is 0 Å². The van der Waals surface area contributed by atoms with E-state index in [0.717, 1.165) is 23.8 Å². The number of hydrogen-bond acceptors (Lipinski definition) is 6. The molecule has 0 fully saturated rings. The Bertz CT molecular complexity index is 1100. The zero-order valence-electron chi connectivity index (χ0n) is 17.6. The standard InChI is InChI=1S/C21H25FN2O5S2/c1-13(2)7-8-18(25)24-10-9-16-17(12-24)30-21(19(16)20(26)29-3)31(27,28)23-15-6-4-5-14(22)11-15/h4-6,11,13,23H,7-10,12H2,1-3H3. The first-order chi connectivity index (χ1) is 14.6. The van der Waals surface area contributed by atoms with Crippen LogP contribution >= 0.6 is 11.3 Å². The van der Waals surface area contributed by atoms with E-state index in [1.165, 1.54) is 25.3 Å². The minimum Gasteiger partial charge on any atom is -0.465 e. The molecule has 1 N–H and O–H groups in total. The Morgan fingerprint density at radius 3 is 2.71 bits per heavy atom. The van der Waals surface area contributed by atoms with Gasteiger partial charge in [-0.25, -0.2) is 17.6 Å². The molecule has 10 heteroatoms. The SMILES string of the molecule is COC(=O)c1c(S(=O)(=O)Nc2cccc(F)c2)sc2c1CCN(C(=O)CCC(C)C)C2. The first-order valence-electron chi connectivity index (χ1n) is 9.91. The van der Waals surface area contributed by atoms with E-state index in [4.69, 9.17) is 4.74 Å². The molecule has 0 saturated carbocycles. The second kappa shape index (κ2) is 9.35. The van der Waals surface area contributed by atoms with Gasteiger partial charge in [-0.3, -0.25) is 9.52 Å². The average Bonchev–Trinajstić information content (AvgIpc) is 3.11. The average molecular weight is 469 g/mol. The molecule has 1 aliphatic rings. The Kier molecular flexibility index (Phi) is 7.00. The predicted octanol–water partition coefficient (Wildman–Crippen LogP) is 3.80. The minimum atomic E-state index is -4.17. The first-order valence-corrected chi connectivity index (χ1v) is 12.2. The van der Waals surface area contributed by atoms with E-state index in [-0.39, 0.29) is 27.9 Å². The molecule has 0 spiro atoms. The Morgan fingerprint density at radius 2 is 2.06 bits per heavy atom. The third-order valence-corrected chi connectivity index (χ3v) is 8.14. The second-order valence-corrected chi connectivity index (χ2v) is 10.8. The summed E-state index contributed by atoms with van der Waals surface area (Å²) in [5.74, 6) is -0.927. The summed E-state index contributed by atoms with van der Waals surface area (Å²) in [7, 11) is -2.98. The van der Waals surface area contributed by atoms with Gasteiger partial charge in [0.05, 0.1) is 24.9 Å². The zero-order valence-corrected chi connectivity index (χ0v) is 19.2. The number of benzene rings is 1. The molecule has 0 bridgehead atoms. The van der Waals surface area contributed by atoms with E-state index in [2.05, 4.69) is 4.72 Å². The number of carbonyl (C=O) groups excluding carboxylic acids is 2. The fraction of sp³-hybridized carbons (Fsp3) is 0.429. The third kappa shape index (κ3) is 5.24. The number of methoxy groups -OCH3 is 1. The predicted molar refractivity (Wildman–Crippen MR) is 116 cm³/mol. The summed E-state index contributed by atoms with van der Waals surface area (Å²) in [5, 5.41) is 0. The molecule has 0 radical (unpaired) electrons. The van der Waals surface area contributed by atoms with Crippen molar-refractivity contribution in [1.82, 2.24) is 4.90 Å². The Morgan fingerprint density at radius 1 is 1.32 bits per heavy atom. The van der Waals surface area contributed by atoms with E-state index in [1.807, 2.05) is 13.8 Å². The minimum absolute atomic E-state index is 0.00895. The molecular weight excluding hydrogens is 443 g/mol. The molecule has 0 aliphatic carbocycles. The number of ether oxygens (including phenoxy) is 1. The van der Waals surface area contributed by atoms with Crippen LogP contribution in [0.4, 0.5) is 10.1 Å². The highest BCUT2D eigenvalue weighted by Gasteiger charge is 2.35. The van der Waals surface area contributed by atoms with Crippen LogP contribution in [0.15, 0.2) is 28.5 Å². The normalized spacial score (nSPS) is 13.8. The highest BCUT2D eigenvalue weighted by Crippen LogP contribution is 2.37. The number of nitrogens with zero attached hydrogens (tertiary/aromatic N) is 1. The van der Waals surface area contributed by atoms with E-state index in [9.17, 15) is 22.4 Å². The molecule has 1 aromatic heterocycles. The van der Waals surface area contributed by atoms with Crippen LogP contribution in [0.5, 0.6) is 0 Å². The lowest BCUT2D eigenvalue weighted by Gasteiger charge is -2.27. The zero-order chi connectivity index (χ0) is 22.8. The summed E-state index contributed by atoms with van der Waals surface area (Å²) in [6.07, 6.45) is 1.56. The monoisotopic (exact) mass is 468 g/mol. The van der Waals surface area contributed by atoms with Crippen LogP contribution in [0.25, 0.3) is 0 Å². The summed E-state index contributed by atoms with van der Waals surface area (Å²) in [4.78, 5) is 27.3. The van der Waals surface area contributed by atoms with Crippen LogP contribution in [0, 0.1) is 11.7 Å². The quantitative estimate of drug-likeness (QED) is 0.624. The summed E-state index contributed by atoms with van der Waals surface area (Å²) in [5.41, 5.74) is 0.623. The number of sulfonamides is 1. The van der Waals surface area contributed by atoms with Crippen LogP contribution in [-0.4, -0.2) is 38.8 Å². The molecule has 7 nitrogen and oxygen atoms in total. The van der Waals surface area contributed by atoms with Crippen molar-refractivity contribution >= 4 is 38.9 Å². The maximum absolute atomic E-state index is 13.5. The van der Waals surface area contributed by atoms with Gasteiger partial charge in [0.25, 0.3) is 10.0 Å². The van der Waals surface area contributed by atoms with Crippen molar-refractivity contribution in [2.24, 2.45) is 5.92 Å². The van der Waals surface area contributed by atoms with Gasteiger partial charge in [-0.15, -0.1) is 11.3 Å². The number of amides is 1. The highest BCUT2D eigenvalue weighted by molar-refractivity contribution is 7.94. The van der Waals surface area contributed by atoms with Crippen molar-refractivity contribution in [3.63, 3.8) is 0 Å². The van der Waals surface area contributed by atoms with Gasteiger partial charge in [0, 0.05) is 17.8 Å². The maximum Gasteiger partial charge on any atom is 0.340 e.